The lowest BCUT2D eigenvalue weighted by Crippen LogP contribution is -2.33. The summed E-state index contributed by atoms with van der Waals surface area (Å²) in [7, 11) is 0. The second-order valence-electron chi connectivity index (χ2n) is 4.16. The van der Waals surface area contributed by atoms with Gasteiger partial charge in [0.2, 0.25) is 11.7 Å². The van der Waals surface area contributed by atoms with Gasteiger partial charge in [0, 0.05) is 6.54 Å². The summed E-state index contributed by atoms with van der Waals surface area (Å²) in [5.74, 6) is -2.02. The number of nitrogens with one attached hydrogen (secondary N) is 1. The predicted octanol–water partition coefficient (Wildman–Crippen LogP) is 0.738. The smallest absolute Gasteiger partial charge is 0.331 e. The Labute approximate surface area is 96.2 Å². The second-order valence-corrected chi connectivity index (χ2v) is 4.16. The zero-order chi connectivity index (χ0) is 12.4. The summed E-state index contributed by atoms with van der Waals surface area (Å²) >= 11 is 0. The van der Waals surface area contributed by atoms with Gasteiger partial charge in [-0.25, -0.2) is 4.79 Å². The Kier molecular flexibility index (Phi) is 3.12. The molecule has 1 unspecified atom stereocenters. The van der Waals surface area contributed by atoms with Gasteiger partial charge in [-0.3, -0.25) is 14.3 Å². The molecule has 5 nitrogen and oxygen atoms in total. The molecule has 0 saturated heterocycles. The lowest BCUT2D eigenvalue weighted by molar-refractivity contribution is 0.321. The van der Waals surface area contributed by atoms with Crippen molar-refractivity contribution in [2.45, 2.75) is 25.8 Å². The monoisotopic (exact) mass is 240 g/mol. The van der Waals surface area contributed by atoms with Crippen LogP contribution in [0.5, 0.6) is 5.88 Å². The summed E-state index contributed by atoms with van der Waals surface area (Å²) in [6.07, 6.45) is 6.62. The number of rotatable bonds is 2. The maximum absolute atomic E-state index is 13.2. The van der Waals surface area contributed by atoms with E-state index in [4.69, 9.17) is 0 Å². The number of halogens is 1. The van der Waals surface area contributed by atoms with Gasteiger partial charge in [-0.1, -0.05) is 12.2 Å². The molecule has 0 saturated carbocycles. The van der Waals surface area contributed by atoms with E-state index in [0.29, 0.717) is 0 Å². The van der Waals surface area contributed by atoms with Crippen molar-refractivity contribution < 1.29 is 9.50 Å². The molecule has 1 aromatic heterocycles. The van der Waals surface area contributed by atoms with Crippen LogP contribution in [0, 0.1) is 11.7 Å². The van der Waals surface area contributed by atoms with Gasteiger partial charge in [-0.2, -0.15) is 4.39 Å². The topological polar surface area (TPSA) is 75.1 Å². The zero-order valence-electron chi connectivity index (χ0n) is 9.15. The van der Waals surface area contributed by atoms with Crippen LogP contribution in [0.1, 0.15) is 19.3 Å². The quantitative estimate of drug-likeness (QED) is 0.748. The molecule has 0 amide bonds. The van der Waals surface area contributed by atoms with E-state index < -0.39 is 22.9 Å². The third-order valence-corrected chi connectivity index (χ3v) is 2.94. The Balaban J connectivity index is 2.32. The van der Waals surface area contributed by atoms with E-state index in [2.05, 4.69) is 0 Å². The molecular weight excluding hydrogens is 227 g/mol. The van der Waals surface area contributed by atoms with Gasteiger partial charge in [0.25, 0.3) is 5.56 Å². The van der Waals surface area contributed by atoms with Crippen molar-refractivity contribution >= 4 is 0 Å². The highest BCUT2D eigenvalue weighted by atomic mass is 19.1. The Morgan fingerprint density at radius 3 is 2.88 bits per heavy atom. The molecule has 0 radical (unpaired) electrons. The van der Waals surface area contributed by atoms with E-state index in [1.165, 1.54) is 0 Å². The molecule has 1 aliphatic rings. The number of H-pyrrole nitrogens is 1. The zero-order valence-corrected chi connectivity index (χ0v) is 9.15. The minimum Gasteiger partial charge on any atom is -0.492 e. The van der Waals surface area contributed by atoms with Crippen LogP contribution in [-0.2, 0) is 6.54 Å². The Hall–Kier alpha value is -1.85. The lowest BCUT2D eigenvalue weighted by Gasteiger charge is -2.19. The molecule has 1 heterocycles. The fourth-order valence-electron chi connectivity index (χ4n) is 1.99. The van der Waals surface area contributed by atoms with Crippen molar-refractivity contribution in [2.75, 3.05) is 0 Å². The first kappa shape index (κ1) is 11.6. The van der Waals surface area contributed by atoms with Crippen molar-refractivity contribution in [2.24, 2.45) is 5.92 Å². The largest absolute Gasteiger partial charge is 0.492 e. The van der Waals surface area contributed by atoms with Crippen LogP contribution in [0.3, 0.4) is 0 Å². The van der Waals surface area contributed by atoms with E-state index in [1.54, 1.807) is 0 Å². The van der Waals surface area contributed by atoms with Crippen LogP contribution in [0.15, 0.2) is 21.7 Å². The molecule has 0 aliphatic heterocycles. The van der Waals surface area contributed by atoms with Crippen LogP contribution in [0.25, 0.3) is 0 Å². The van der Waals surface area contributed by atoms with Crippen molar-refractivity contribution in [1.29, 1.82) is 0 Å². The van der Waals surface area contributed by atoms with E-state index in [-0.39, 0.29) is 12.5 Å². The van der Waals surface area contributed by atoms with E-state index in [0.717, 1.165) is 23.8 Å². The summed E-state index contributed by atoms with van der Waals surface area (Å²) in [6.45, 7) is 0.211. The molecule has 6 heteroatoms. The first-order chi connectivity index (χ1) is 8.09. The summed E-state index contributed by atoms with van der Waals surface area (Å²) in [5, 5.41) is 9.44. The number of aromatic amines is 1. The normalized spacial score (nSPS) is 19.5. The summed E-state index contributed by atoms with van der Waals surface area (Å²) in [5.41, 5.74) is -1.96. The molecule has 0 fully saturated rings. The van der Waals surface area contributed by atoms with Crippen LogP contribution >= 0.6 is 0 Å². The summed E-state index contributed by atoms with van der Waals surface area (Å²) in [6, 6.07) is 0. The van der Waals surface area contributed by atoms with Gasteiger partial charge < -0.3 is 5.11 Å². The lowest BCUT2D eigenvalue weighted by atomic mass is 9.94. The number of hydrogen-bond donors (Lipinski definition) is 2. The van der Waals surface area contributed by atoms with Crippen molar-refractivity contribution in [3.05, 3.63) is 38.8 Å². The Morgan fingerprint density at radius 2 is 2.24 bits per heavy atom. The molecule has 17 heavy (non-hydrogen) atoms. The highest BCUT2D eigenvalue weighted by Gasteiger charge is 2.17. The summed E-state index contributed by atoms with van der Waals surface area (Å²) < 4.78 is 14.0. The third kappa shape index (κ3) is 2.30. The fourth-order valence-corrected chi connectivity index (χ4v) is 1.99. The maximum Gasteiger partial charge on any atom is 0.331 e. The minimum absolute atomic E-state index is 0.175. The highest BCUT2D eigenvalue weighted by Crippen LogP contribution is 2.21. The van der Waals surface area contributed by atoms with Crippen LogP contribution < -0.4 is 11.2 Å². The number of aromatic nitrogens is 2. The van der Waals surface area contributed by atoms with Crippen molar-refractivity contribution in [3.8, 4) is 5.88 Å². The summed E-state index contributed by atoms with van der Waals surface area (Å²) in [4.78, 5) is 24.2. The van der Waals surface area contributed by atoms with Gasteiger partial charge in [-0.05, 0) is 25.2 Å². The SMILES string of the molecule is O=c1[nH]c(=O)n(CC2CC=CCC2)c(O)c1F. The maximum atomic E-state index is 13.2. The highest BCUT2D eigenvalue weighted by molar-refractivity contribution is 5.09. The minimum atomic E-state index is -1.31. The van der Waals surface area contributed by atoms with Gasteiger partial charge >= 0.3 is 5.69 Å². The first-order valence-electron chi connectivity index (χ1n) is 5.46. The molecule has 0 spiro atoms. The molecule has 0 aromatic carbocycles. The Bertz CT molecular complexity index is 559. The molecule has 92 valence electrons. The van der Waals surface area contributed by atoms with Gasteiger partial charge in [0.05, 0.1) is 0 Å². The average molecular weight is 240 g/mol. The fraction of sp³-hybridized carbons (Fsp3) is 0.455. The second kappa shape index (κ2) is 4.57. The number of nitrogens with zero attached hydrogens (tertiary/aromatic N) is 1. The van der Waals surface area contributed by atoms with Gasteiger partial charge in [-0.15, -0.1) is 0 Å². The van der Waals surface area contributed by atoms with Gasteiger partial charge in [0.1, 0.15) is 0 Å². The van der Waals surface area contributed by atoms with Crippen molar-refractivity contribution in [1.82, 2.24) is 9.55 Å². The van der Waals surface area contributed by atoms with Crippen LogP contribution in [0.4, 0.5) is 4.39 Å². The van der Waals surface area contributed by atoms with E-state index in [1.807, 2.05) is 17.1 Å². The average Bonchev–Trinajstić information content (AvgIpc) is 2.33. The van der Waals surface area contributed by atoms with E-state index in [9.17, 15) is 19.1 Å². The molecule has 1 aromatic rings. The Morgan fingerprint density at radius 1 is 1.47 bits per heavy atom. The number of aromatic hydroxyl groups is 1. The third-order valence-electron chi connectivity index (χ3n) is 2.94. The molecule has 1 atom stereocenters. The number of hydrogen-bond acceptors (Lipinski definition) is 3. The molecule has 1 aliphatic carbocycles. The van der Waals surface area contributed by atoms with Crippen LogP contribution in [0.2, 0.25) is 0 Å². The van der Waals surface area contributed by atoms with Crippen LogP contribution in [-0.4, -0.2) is 14.7 Å². The standard InChI is InChI=1S/C11H13FN2O3/c12-8-9(15)13-11(17)14(10(8)16)6-7-4-2-1-3-5-7/h1-2,7,16H,3-6H2,(H,13,15,17). The van der Waals surface area contributed by atoms with E-state index >= 15 is 0 Å². The molecule has 2 N–H and O–H groups in total. The van der Waals surface area contributed by atoms with Crippen molar-refractivity contribution in [3.63, 3.8) is 0 Å². The number of allylic oxidation sites excluding steroid dienone is 2. The molecule has 2 rings (SSSR count). The predicted molar refractivity (Wildman–Crippen MR) is 59.4 cm³/mol. The van der Waals surface area contributed by atoms with Gasteiger partial charge in [0.15, 0.2) is 0 Å². The first-order valence-corrected chi connectivity index (χ1v) is 5.46. The molecular formula is C11H13FN2O3. The molecule has 0 bridgehead atoms.